The summed E-state index contributed by atoms with van der Waals surface area (Å²) in [4.78, 5) is 2.55. The van der Waals surface area contributed by atoms with E-state index in [1.807, 2.05) is 0 Å². The van der Waals surface area contributed by atoms with Gasteiger partial charge in [0.05, 0.1) is 0 Å². The van der Waals surface area contributed by atoms with Crippen molar-refractivity contribution in [3.8, 4) is 0 Å². The van der Waals surface area contributed by atoms with E-state index in [1.165, 1.54) is 37.1 Å². The number of benzene rings is 1. The van der Waals surface area contributed by atoms with Crippen LogP contribution < -0.4 is 4.90 Å². The molecule has 2 heteroatoms. The molecular formula is C13H18BrN. The van der Waals surface area contributed by atoms with Crippen LogP contribution in [0.1, 0.15) is 25.3 Å². The first kappa shape index (κ1) is 11.0. The fraction of sp³-hybridized carbons (Fsp3) is 0.538. The molecule has 1 nitrogen and oxygen atoms in total. The van der Waals surface area contributed by atoms with Crippen LogP contribution in [0.5, 0.6) is 0 Å². The molecule has 0 fully saturated rings. The third kappa shape index (κ3) is 2.36. The van der Waals surface area contributed by atoms with E-state index in [1.54, 1.807) is 0 Å². The number of nitrogens with zero attached hydrogens (tertiary/aromatic N) is 1. The molecule has 1 unspecified atom stereocenters. The van der Waals surface area contributed by atoms with E-state index < -0.39 is 0 Å². The molecule has 0 saturated heterocycles. The van der Waals surface area contributed by atoms with Gasteiger partial charge in [-0.3, -0.25) is 0 Å². The lowest BCUT2D eigenvalue weighted by atomic mass is 10.1. The van der Waals surface area contributed by atoms with E-state index in [4.69, 9.17) is 0 Å². The number of fused-ring (bicyclic) bond motifs is 1. The van der Waals surface area contributed by atoms with Crippen LogP contribution in [0.4, 0.5) is 5.69 Å². The quantitative estimate of drug-likeness (QED) is 0.595. The third-order valence-corrected chi connectivity index (χ3v) is 3.69. The van der Waals surface area contributed by atoms with Crippen molar-refractivity contribution in [3.05, 3.63) is 29.8 Å². The maximum absolute atomic E-state index is 3.49. The first-order chi connectivity index (χ1) is 7.33. The van der Waals surface area contributed by atoms with Gasteiger partial charge in [0, 0.05) is 23.6 Å². The molecule has 0 radical (unpaired) electrons. The summed E-state index contributed by atoms with van der Waals surface area (Å²) in [6.07, 6.45) is 3.76. The third-order valence-electron chi connectivity index (χ3n) is 3.13. The minimum absolute atomic E-state index is 0.678. The second kappa shape index (κ2) is 5.02. The summed E-state index contributed by atoms with van der Waals surface area (Å²) in [7, 11) is 0. The highest BCUT2D eigenvalue weighted by molar-refractivity contribution is 9.09. The molecule has 2 rings (SSSR count). The number of para-hydroxylation sites is 1. The standard InChI is InChI=1S/C13H18BrN/c1-11-10-12-6-2-3-7-13(12)15(11)9-5-4-8-14/h2-3,6-7,11H,4-5,8-10H2,1H3. The van der Waals surface area contributed by atoms with Crippen molar-refractivity contribution in [2.24, 2.45) is 0 Å². The number of halogens is 1. The highest BCUT2D eigenvalue weighted by atomic mass is 79.9. The lowest BCUT2D eigenvalue weighted by Crippen LogP contribution is -2.30. The van der Waals surface area contributed by atoms with Gasteiger partial charge in [0.15, 0.2) is 0 Å². The van der Waals surface area contributed by atoms with Crippen LogP contribution in [0.2, 0.25) is 0 Å². The minimum atomic E-state index is 0.678. The number of unbranched alkanes of at least 4 members (excludes halogenated alkanes) is 1. The number of hydrogen-bond donors (Lipinski definition) is 0. The zero-order chi connectivity index (χ0) is 10.7. The highest BCUT2D eigenvalue weighted by Gasteiger charge is 2.24. The van der Waals surface area contributed by atoms with Gasteiger partial charge in [0.1, 0.15) is 0 Å². The molecule has 0 saturated carbocycles. The van der Waals surface area contributed by atoms with Crippen molar-refractivity contribution in [1.29, 1.82) is 0 Å². The molecule has 0 aliphatic carbocycles. The van der Waals surface area contributed by atoms with Gasteiger partial charge >= 0.3 is 0 Å². The number of anilines is 1. The first-order valence-electron chi connectivity index (χ1n) is 5.73. The number of rotatable bonds is 4. The summed E-state index contributed by atoms with van der Waals surface area (Å²) in [5, 5.41) is 1.12. The van der Waals surface area contributed by atoms with Crippen LogP contribution in [0, 0.1) is 0 Å². The van der Waals surface area contributed by atoms with Gasteiger partial charge in [0.25, 0.3) is 0 Å². The molecule has 15 heavy (non-hydrogen) atoms. The molecule has 0 amide bonds. The van der Waals surface area contributed by atoms with Crippen molar-refractivity contribution in [1.82, 2.24) is 0 Å². The Kier molecular flexibility index (Phi) is 3.68. The van der Waals surface area contributed by atoms with Gasteiger partial charge in [-0.1, -0.05) is 34.1 Å². The van der Waals surface area contributed by atoms with Crippen molar-refractivity contribution in [3.63, 3.8) is 0 Å². The lowest BCUT2D eigenvalue weighted by molar-refractivity contribution is 0.644. The predicted octanol–water partition coefficient (Wildman–Crippen LogP) is 3.61. The maximum Gasteiger partial charge on any atom is 0.0402 e. The van der Waals surface area contributed by atoms with E-state index in [-0.39, 0.29) is 0 Å². The van der Waals surface area contributed by atoms with Gasteiger partial charge in [-0.15, -0.1) is 0 Å². The summed E-state index contributed by atoms with van der Waals surface area (Å²) in [6.45, 7) is 3.53. The summed E-state index contributed by atoms with van der Waals surface area (Å²) >= 11 is 3.49. The van der Waals surface area contributed by atoms with Crippen molar-refractivity contribution in [2.45, 2.75) is 32.2 Å². The summed E-state index contributed by atoms with van der Waals surface area (Å²) in [6, 6.07) is 9.49. The highest BCUT2D eigenvalue weighted by Crippen LogP contribution is 2.31. The monoisotopic (exact) mass is 267 g/mol. The van der Waals surface area contributed by atoms with Gasteiger partial charge in [0.2, 0.25) is 0 Å². The second-order valence-electron chi connectivity index (χ2n) is 4.27. The van der Waals surface area contributed by atoms with Crippen LogP contribution in [0.3, 0.4) is 0 Å². The lowest BCUT2D eigenvalue weighted by Gasteiger charge is -2.24. The zero-order valence-corrected chi connectivity index (χ0v) is 10.8. The Hall–Kier alpha value is -0.500. The zero-order valence-electron chi connectivity index (χ0n) is 9.25. The topological polar surface area (TPSA) is 3.24 Å². The fourth-order valence-corrected chi connectivity index (χ4v) is 2.74. The average molecular weight is 268 g/mol. The average Bonchev–Trinajstić information content (AvgIpc) is 2.56. The minimum Gasteiger partial charge on any atom is -0.368 e. The van der Waals surface area contributed by atoms with Crippen molar-refractivity contribution >= 4 is 21.6 Å². The van der Waals surface area contributed by atoms with Crippen LogP contribution in [0.25, 0.3) is 0 Å². The molecule has 1 aromatic rings. The Balaban J connectivity index is 2.05. The fourth-order valence-electron chi connectivity index (χ4n) is 2.35. The Labute approximate surface area is 101 Å². The molecule has 1 aliphatic rings. The SMILES string of the molecule is CC1Cc2ccccc2N1CCCCBr. The van der Waals surface area contributed by atoms with Crippen LogP contribution >= 0.6 is 15.9 Å². The Morgan fingerprint density at radius 2 is 2.13 bits per heavy atom. The van der Waals surface area contributed by atoms with Gasteiger partial charge in [-0.05, 0) is 37.8 Å². The van der Waals surface area contributed by atoms with E-state index in [0.29, 0.717) is 6.04 Å². The second-order valence-corrected chi connectivity index (χ2v) is 5.06. The maximum atomic E-state index is 3.49. The molecule has 1 atom stereocenters. The molecule has 0 spiro atoms. The number of alkyl halides is 1. The van der Waals surface area contributed by atoms with E-state index in [2.05, 4.69) is 52.0 Å². The Bertz CT molecular complexity index is 324. The van der Waals surface area contributed by atoms with Gasteiger partial charge in [-0.2, -0.15) is 0 Å². The van der Waals surface area contributed by atoms with Crippen molar-refractivity contribution < 1.29 is 0 Å². The molecule has 1 aromatic carbocycles. The van der Waals surface area contributed by atoms with Gasteiger partial charge < -0.3 is 4.90 Å². The van der Waals surface area contributed by atoms with Gasteiger partial charge in [-0.25, -0.2) is 0 Å². The molecule has 0 bridgehead atoms. The van der Waals surface area contributed by atoms with Crippen LogP contribution in [-0.2, 0) is 6.42 Å². The summed E-state index contributed by atoms with van der Waals surface area (Å²) in [5.74, 6) is 0. The largest absolute Gasteiger partial charge is 0.368 e. The van der Waals surface area contributed by atoms with E-state index >= 15 is 0 Å². The summed E-state index contributed by atoms with van der Waals surface area (Å²) < 4.78 is 0. The molecular weight excluding hydrogens is 250 g/mol. The van der Waals surface area contributed by atoms with Crippen LogP contribution in [-0.4, -0.2) is 17.9 Å². The molecule has 1 aliphatic heterocycles. The molecule has 0 N–H and O–H groups in total. The Morgan fingerprint density at radius 1 is 1.33 bits per heavy atom. The van der Waals surface area contributed by atoms with E-state index in [9.17, 15) is 0 Å². The van der Waals surface area contributed by atoms with Crippen LogP contribution in [0.15, 0.2) is 24.3 Å². The predicted molar refractivity (Wildman–Crippen MR) is 70.0 cm³/mol. The van der Waals surface area contributed by atoms with E-state index in [0.717, 1.165) is 5.33 Å². The van der Waals surface area contributed by atoms with Crippen molar-refractivity contribution in [2.75, 3.05) is 16.8 Å². The molecule has 1 heterocycles. The smallest absolute Gasteiger partial charge is 0.0402 e. The summed E-state index contributed by atoms with van der Waals surface area (Å²) in [5.41, 5.74) is 2.98. The molecule has 0 aromatic heterocycles. The molecule has 82 valence electrons. The first-order valence-corrected chi connectivity index (χ1v) is 6.85. The normalized spacial score (nSPS) is 19.3. The number of hydrogen-bond acceptors (Lipinski definition) is 1. The Morgan fingerprint density at radius 3 is 2.93 bits per heavy atom.